The van der Waals surface area contributed by atoms with Crippen molar-refractivity contribution in [2.75, 3.05) is 32.5 Å². The zero-order chi connectivity index (χ0) is 25.7. The quantitative estimate of drug-likeness (QED) is 0.361. The smallest absolute Gasteiger partial charge is 0.308 e. The molecule has 2 N–H and O–H groups in total. The number of carboxylic acids is 1. The maximum absolute atomic E-state index is 13.9. The van der Waals surface area contributed by atoms with E-state index < -0.39 is 29.6 Å². The Morgan fingerprint density at radius 3 is 2.89 bits per heavy atom. The Labute approximate surface area is 213 Å². The lowest BCUT2D eigenvalue weighted by molar-refractivity contribution is -0.146. The average Bonchev–Trinajstić information content (AvgIpc) is 2.89. The van der Waals surface area contributed by atoms with Gasteiger partial charge in [-0.05, 0) is 73.7 Å². The fourth-order valence-electron chi connectivity index (χ4n) is 4.87. The zero-order valence-electron chi connectivity index (χ0n) is 20.1. The minimum Gasteiger partial charge on any atom is -0.497 e. The first-order valence-electron chi connectivity index (χ1n) is 12.0. The maximum atomic E-state index is 13.9. The fraction of sp³-hybridized carbons (Fsp3) is 0.407. The molecule has 0 spiro atoms. The van der Waals surface area contributed by atoms with E-state index in [9.17, 15) is 23.8 Å². The Morgan fingerprint density at radius 2 is 2.11 bits per heavy atom. The third kappa shape index (κ3) is 6.14. The molecule has 2 heterocycles. The lowest BCUT2D eigenvalue weighted by atomic mass is 9.81. The van der Waals surface area contributed by atoms with Crippen LogP contribution in [0.15, 0.2) is 53.6 Å². The maximum Gasteiger partial charge on any atom is 0.308 e. The molecule has 1 unspecified atom stereocenters. The summed E-state index contributed by atoms with van der Waals surface area (Å²) in [6.07, 6.45) is 2.66. The van der Waals surface area contributed by atoms with Crippen molar-refractivity contribution in [1.82, 2.24) is 9.88 Å². The number of fused-ring (bicyclic) bond motifs is 1. The molecule has 1 aliphatic rings. The molecular formula is C27H30F2N2O4S. The largest absolute Gasteiger partial charge is 0.497 e. The number of carbonyl (C=O) groups is 1. The van der Waals surface area contributed by atoms with E-state index in [0.29, 0.717) is 43.9 Å². The van der Waals surface area contributed by atoms with E-state index in [1.54, 1.807) is 25.4 Å². The van der Waals surface area contributed by atoms with Crippen LogP contribution in [-0.2, 0) is 4.79 Å². The minimum atomic E-state index is -0.868. The summed E-state index contributed by atoms with van der Waals surface area (Å²) in [6.45, 7) is 1.72. The van der Waals surface area contributed by atoms with E-state index in [-0.39, 0.29) is 10.8 Å². The topological polar surface area (TPSA) is 82.9 Å². The lowest BCUT2D eigenvalue weighted by Crippen LogP contribution is -2.44. The number of aliphatic hydroxyl groups is 1. The third-order valence-electron chi connectivity index (χ3n) is 6.89. The summed E-state index contributed by atoms with van der Waals surface area (Å²) in [5, 5.41) is 21.7. The molecule has 192 valence electrons. The summed E-state index contributed by atoms with van der Waals surface area (Å²) in [5.74, 6) is -1.94. The number of nitrogens with zero attached hydrogens (tertiary/aromatic N) is 2. The summed E-state index contributed by atoms with van der Waals surface area (Å²) < 4.78 is 32.6. The van der Waals surface area contributed by atoms with Crippen molar-refractivity contribution in [2.45, 2.75) is 30.3 Å². The van der Waals surface area contributed by atoms with E-state index >= 15 is 0 Å². The van der Waals surface area contributed by atoms with Crippen molar-refractivity contribution < 1.29 is 28.5 Å². The minimum absolute atomic E-state index is 0.0515. The molecule has 3 atom stereocenters. The van der Waals surface area contributed by atoms with Gasteiger partial charge in [0.1, 0.15) is 5.75 Å². The Kier molecular flexibility index (Phi) is 8.77. The highest BCUT2D eigenvalue weighted by molar-refractivity contribution is 7.99. The van der Waals surface area contributed by atoms with Gasteiger partial charge < -0.3 is 19.8 Å². The molecule has 6 nitrogen and oxygen atoms in total. The zero-order valence-corrected chi connectivity index (χ0v) is 20.9. The van der Waals surface area contributed by atoms with Gasteiger partial charge in [0.05, 0.1) is 24.6 Å². The standard InChI is InChI=1S/C27H30F2N2O4S/c1-35-18-6-7-23-20(15-18)19(9-11-30-23)24(32)8-5-17-10-12-31(16-21(17)27(33)34)13-14-36-25-4-2-3-22(28)26(25)29/h2-4,6-7,9,11,15,17,21,24,32H,5,8,10,12-14,16H2,1H3,(H,33,34)/t17-,21+,24?/m1/s1. The van der Waals surface area contributed by atoms with Gasteiger partial charge in [-0.1, -0.05) is 6.07 Å². The van der Waals surface area contributed by atoms with Crippen LogP contribution in [0.2, 0.25) is 0 Å². The molecule has 0 amide bonds. The predicted octanol–water partition coefficient (Wildman–Crippen LogP) is 5.15. The molecule has 1 aliphatic heterocycles. The van der Waals surface area contributed by atoms with Crippen LogP contribution in [-0.4, -0.2) is 58.6 Å². The summed E-state index contributed by atoms with van der Waals surface area (Å²) in [7, 11) is 1.59. The van der Waals surface area contributed by atoms with Crippen LogP contribution in [0.1, 0.15) is 30.9 Å². The van der Waals surface area contributed by atoms with E-state index in [0.717, 1.165) is 29.1 Å². The number of pyridine rings is 1. The van der Waals surface area contributed by atoms with Crippen LogP contribution < -0.4 is 4.74 Å². The number of aliphatic hydroxyl groups excluding tert-OH is 1. The first-order chi connectivity index (χ1) is 17.4. The lowest BCUT2D eigenvalue weighted by Gasteiger charge is -2.37. The fourth-order valence-corrected chi connectivity index (χ4v) is 5.84. The number of hydrogen-bond donors (Lipinski definition) is 2. The highest BCUT2D eigenvalue weighted by Gasteiger charge is 2.34. The number of ether oxygens (including phenoxy) is 1. The number of aromatic nitrogens is 1. The highest BCUT2D eigenvalue weighted by atomic mass is 32.2. The summed E-state index contributed by atoms with van der Waals surface area (Å²) in [4.78, 5) is 18.7. The number of rotatable bonds is 10. The molecule has 9 heteroatoms. The molecule has 0 saturated carbocycles. The van der Waals surface area contributed by atoms with Gasteiger partial charge in [0, 0.05) is 35.3 Å². The Morgan fingerprint density at radius 1 is 1.28 bits per heavy atom. The van der Waals surface area contributed by atoms with Crippen LogP contribution in [0, 0.1) is 23.5 Å². The molecule has 1 fully saturated rings. The number of hydrogen-bond acceptors (Lipinski definition) is 6. The number of carboxylic acid groups (broad SMARTS) is 1. The summed E-state index contributed by atoms with van der Waals surface area (Å²) >= 11 is 1.23. The van der Waals surface area contributed by atoms with E-state index in [1.807, 2.05) is 18.2 Å². The van der Waals surface area contributed by atoms with Crippen molar-refractivity contribution in [2.24, 2.45) is 11.8 Å². The Bertz CT molecular complexity index is 1210. The predicted molar refractivity (Wildman–Crippen MR) is 135 cm³/mol. The van der Waals surface area contributed by atoms with Crippen molar-refractivity contribution in [3.8, 4) is 5.75 Å². The van der Waals surface area contributed by atoms with Gasteiger partial charge in [-0.25, -0.2) is 8.78 Å². The number of likely N-dealkylation sites (tertiary alicyclic amines) is 1. The number of methoxy groups -OCH3 is 1. The second kappa shape index (κ2) is 12.0. The number of benzene rings is 2. The SMILES string of the molecule is COc1ccc2nccc(C(O)CC[C@@H]3CCN(CCSc4cccc(F)c4F)C[C@@H]3C(=O)O)c2c1. The van der Waals surface area contributed by atoms with Gasteiger partial charge in [0.2, 0.25) is 0 Å². The van der Waals surface area contributed by atoms with Crippen molar-refractivity contribution >= 4 is 28.6 Å². The first kappa shape index (κ1) is 26.3. The first-order valence-corrected chi connectivity index (χ1v) is 13.0. The van der Waals surface area contributed by atoms with Gasteiger partial charge in [-0.3, -0.25) is 9.78 Å². The molecule has 3 aromatic rings. The molecule has 4 rings (SSSR count). The van der Waals surface area contributed by atoms with Gasteiger partial charge in [-0.2, -0.15) is 0 Å². The van der Waals surface area contributed by atoms with Gasteiger partial charge in [0.25, 0.3) is 0 Å². The van der Waals surface area contributed by atoms with Crippen molar-refractivity contribution in [1.29, 1.82) is 0 Å². The molecular weight excluding hydrogens is 486 g/mol. The highest BCUT2D eigenvalue weighted by Crippen LogP contribution is 2.34. The molecule has 36 heavy (non-hydrogen) atoms. The average molecular weight is 517 g/mol. The van der Waals surface area contributed by atoms with Crippen LogP contribution in [0.4, 0.5) is 8.78 Å². The van der Waals surface area contributed by atoms with Crippen LogP contribution in [0.3, 0.4) is 0 Å². The van der Waals surface area contributed by atoms with Crippen LogP contribution in [0.25, 0.3) is 10.9 Å². The number of thioether (sulfide) groups is 1. The summed E-state index contributed by atoms with van der Waals surface area (Å²) in [6, 6.07) is 11.4. The molecule has 1 aromatic heterocycles. The number of halogens is 2. The molecule has 1 saturated heterocycles. The normalized spacial score (nSPS) is 19.3. The third-order valence-corrected chi connectivity index (χ3v) is 7.90. The van der Waals surface area contributed by atoms with Gasteiger partial charge in [0.15, 0.2) is 11.6 Å². The van der Waals surface area contributed by atoms with Crippen molar-refractivity contribution in [3.63, 3.8) is 0 Å². The molecule has 2 aromatic carbocycles. The summed E-state index contributed by atoms with van der Waals surface area (Å²) in [5.41, 5.74) is 1.52. The number of piperidine rings is 1. The Hall–Kier alpha value is -2.75. The molecule has 0 radical (unpaired) electrons. The van der Waals surface area contributed by atoms with E-state index in [2.05, 4.69) is 9.88 Å². The van der Waals surface area contributed by atoms with Gasteiger partial charge >= 0.3 is 5.97 Å². The van der Waals surface area contributed by atoms with Crippen molar-refractivity contribution in [3.05, 3.63) is 65.9 Å². The van der Waals surface area contributed by atoms with E-state index in [4.69, 9.17) is 4.74 Å². The second-order valence-corrected chi connectivity index (χ2v) is 10.2. The second-order valence-electron chi connectivity index (χ2n) is 9.07. The molecule has 0 bridgehead atoms. The van der Waals surface area contributed by atoms with Gasteiger partial charge in [-0.15, -0.1) is 11.8 Å². The number of aliphatic carboxylic acids is 1. The van der Waals surface area contributed by atoms with Crippen LogP contribution in [0.5, 0.6) is 5.75 Å². The van der Waals surface area contributed by atoms with E-state index in [1.165, 1.54) is 17.8 Å². The monoisotopic (exact) mass is 516 g/mol. The Balaban J connectivity index is 1.33. The van der Waals surface area contributed by atoms with Crippen LogP contribution >= 0.6 is 11.8 Å². The molecule has 0 aliphatic carbocycles.